The van der Waals surface area contributed by atoms with Crippen LogP contribution in [0.15, 0.2) is 194 Å². The highest BCUT2D eigenvalue weighted by atomic mass is 15.0. The standard InChI is InChI=1S/C52H32N4/c1-3-15-33(16-4-1)49-53-50(34-17-5-2-6-18-34)55-51(54-49)35-27-29-36(30-28-35)56-47-26-14-10-22-40(47)42-31-46-41(32-48(42)56)39-21-9-13-25-45(39)52(46)43-23-11-7-19-37(43)38-20-8-12-24-44(38)52/h1-32H. The zero-order chi connectivity index (χ0) is 36.8. The first-order valence-electron chi connectivity index (χ1n) is 19.1. The van der Waals surface area contributed by atoms with E-state index in [-0.39, 0.29) is 5.41 Å². The van der Waals surface area contributed by atoms with Crippen molar-refractivity contribution in [3.05, 3.63) is 216 Å². The summed E-state index contributed by atoms with van der Waals surface area (Å²) in [7, 11) is 0. The molecular weight excluding hydrogens is 681 g/mol. The van der Waals surface area contributed by atoms with Gasteiger partial charge in [-0.3, -0.25) is 0 Å². The van der Waals surface area contributed by atoms with E-state index in [1.54, 1.807) is 0 Å². The number of rotatable bonds is 4. The molecule has 12 rings (SSSR count). The smallest absolute Gasteiger partial charge is 0.164 e. The fourth-order valence-corrected chi connectivity index (χ4v) is 9.53. The molecule has 4 heteroatoms. The van der Waals surface area contributed by atoms with Crippen molar-refractivity contribution >= 4 is 21.8 Å². The van der Waals surface area contributed by atoms with Crippen molar-refractivity contribution in [2.75, 3.05) is 0 Å². The van der Waals surface area contributed by atoms with Gasteiger partial charge >= 0.3 is 0 Å². The Morgan fingerprint density at radius 3 is 1.32 bits per heavy atom. The zero-order valence-electron chi connectivity index (χ0n) is 30.3. The number of nitrogens with zero attached hydrogens (tertiary/aromatic N) is 4. The Kier molecular flexibility index (Phi) is 6.52. The van der Waals surface area contributed by atoms with E-state index in [1.165, 1.54) is 66.3 Å². The molecule has 2 aliphatic carbocycles. The second kappa shape index (κ2) is 11.8. The van der Waals surface area contributed by atoms with Gasteiger partial charge in [-0.25, -0.2) is 15.0 Å². The monoisotopic (exact) mass is 712 g/mol. The summed E-state index contributed by atoms with van der Waals surface area (Å²) >= 11 is 0. The average Bonchev–Trinajstić information content (AvgIpc) is 3.87. The fourth-order valence-electron chi connectivity index (χ4n) is 9.53. The van der Waals surface area contributed by atoms with E-state index in [0.717, 1.165) is 22.4 Å². The number of hydrogen-bond acceptors (Lipinski definition) is 3. The SMILES string of the molecule is c1ccc(-c2nc(-c3ccccc3)nc(-c3ccc(-n4c5ccccc5c5cc6c(cc54)-c4ccccc4C64c5ccccc5-c5ccccc54)cc3)n2)cc1. The average molecular weight is 713 g/mol. The minimum atomic E-state index is -0.389. The third kappa shape index (κ3) is 4.27. The highest BCUT2D eigenvalue weighted by molar-refractivity contribution is 6.12. The van der Waals surface area contributed by atoms with E-state index in [4.69, 9.17) is 15.0 Å². The summed E-state index contributed by atoms with van der Waals surface area (Å²) in [6.45, 7) is 0. The van der Waals surface area contributed by atoms with Crippen LogP contribution >= 0.6 is 0 Å². The molecule has 4 nitrogen and oxygen atoms in total. The Morgan fingerprint density at radius 2 is 0.768 bits per heavy atom. The molecule has 0 unspecified atom stereocenters. The maximum atomic E-state index is 4.99. The van der Waals surface area contributed by atoms with E-state index in [1.807, 2.05) is 60.7 Å². The summed E-state index contributed by atoms with van der Waals surface area (Å²) in [6.07, 6.45) is 0. The van der Waals surface area contributed by atoms with Gasteiger partial charge in [-0.15, -0.1) is 0 Å². The Balaban J connectivity index is 1.06. The van der Waals surface area contributed by atoms with Gasteiger partial charge in [0.25, 0.3) is 0 Å². The van der Waals surface area contributed by atoms with Crippen LogP contribution in [-0.4, -0.2) is 19.5 Å². The van der Waals surface area contributed by atoms with Gasteiger partial charge in [0.2, 0.25) is 0 Å². The van der Waals surface area contributed by atoms with Crippen molar-refractivity contribution in [3.63, 3.8) is 0 Å². The molecule has 0 saturated carbocycles. The number of fused-ring (bicyclic) bond motifs is 13. The Hall–Kier alpha value is -7.43. The first-order valence-corrected chi connectivity index (χ1v) is 19.1. The lowest BCUT2D eigenvalue weighted by Gasteiger charge is -2.30. The normalized spacial score (nSPS) is 13.1. The zero-order valence-corrected chi connectivity index (χ0v) is 30.3. The summed E-state index contributed by atoms with van der Waals surface area (Å²) in [4.78, 5) is 14.9. The van der Waals surface area contributed by atoms with Crippen molar-refractivity contribution in [1.29, 1.82) is 0 Å². The van der Waals surface area contributed by atoms with Crippen LogP contribution in [0.1, 0.15) is 22.3 Å². The van der Waals surface area contributed by atoms with Gasteiger partial charge in [0.15, 0.2) is 17.5 Å². The van der Waals surface area contributed by atoms with Gasteiger partial charge in [0, 0.05) is 33.2 Å². The first kappa shape index (κ1) is 31.0. The Labute approximate surface area is 324 Å². The molecule has 2 heterocycles. The lowest BCUT2D eigenvalue weighted by atomic mass is 9.70. The van der Waals surface area contributed by atoms with Crippen LogP contribution in [0.4, 0.5) is 0 Å². The minimum Gasteiger partial charge on any atom is -0.309 e. The Bertz CT molecular complexity index is 3080. The summed E-state index contributed by atoms with van der Waals surface area (Å²) in [6, 6.07) is 69.7. The molecule has 0 atom stereocenters. The molecule has 0 fully saturated rings. The van der Waals surface area contributed by atoms with E-state index in [9.17, 15) is 0 Å². The van der Waals surface area contributed by atoms with Gasteiger partial charge in [-0.1, -0.05) is 152 Å². The molecule has 2 aromatic heterocycles. The van der Waals surface area contributed by atoms with E-state index < -0.39 is 0 Å². The third-order valence-electron chi connectivity index (χ3n) is 11.9. The van der Waals surface area contributed by atoms with Gasteiger partial charge in [-0.05, 0) is 87.0 Å². The lowest BCUT2D eigenvalue weighted by molar-refractivity contribution is 0.795. The van der Waals surface area contributed by atoms with E-state index >= 15 is 0 Å². The first-order chi connectivity index (χ1) is 27.8. The van der Waals surface area contributed by atoms with Crippen LogP contribution in [0.3, 0.4) is 0 Å². The summed E-state index contributed by atoms with van der Waals surface area (Å²) in [5, 5.41) is 2.48. The second-order valence-corrected chi connectivity index (χ2v) is 14.7. The largest absolute Gasteiger partial charge is 0.309 e. The van der Waals surface area contributed by atoms with Crippen LogP contribution in [0, 0.1) is 0 Å². The molecule has 0 N–H and O–H groups in total. The molecule has 0 saturated heterocycles. The van der Waals surface area contributed by atoms with Crippen molar-refractivity contribution in [1.82, 2.24) is 19.5 Å². The van der Waals surface area contributed by atoms with Crippen LogP contribution < -0.4 is 0 Å². The predicted molar refractivity (Wildman–Crippen MR) is 227 cm³/mol. The Morgan fingerprint density at radius 1 is 0.321 bits per heavy atom. The van der Waals surface area contributed by atoms with Gasteiger partial charge in [-0.2, -0.15) is 0 Å². The van der Waals surface area contributed by atoms with E-state index in [2.05, 4.69) is 138 Å². The van der Waals surface area contributed by atoms with Crippen molar-refractivity contribution in [2.24, 2.45) is 0 Å². The summed E-state index contributed by atoms with van der Waals surface area (Å²) in [5.74, 6) is 1.95. The quantitative estimate of drug-likeness (QED) is 0.182. The topological polar surface area (TPSA) is 43.6 Å². The molecule has 8 aromatic carbocycles. The number of benzene rings is 8. The molecule has 56 heavy (non-hydrogen) atoms. The molecule has 10 aromatic rings. The van der Waals surface area contributed by atoms with Crippen molar-refractivity contribution in [3.8, 4) is 62.1 Å². The third-order valence-corrected chi connectivity index (χ3v) is 11.9. The van der Waals surface area contributed by atoms with Gasteiger partial charge < -0.3 is 4.57 Å². The molecule has 0 aliphatic heterocycles. The van der Waals surface area contributed by atoms with Crippen molar-refractivity contribution in [2.45, 2.75) is 5.41 Å². The molecule has 0 bridgehead atoms. The molecular formula is C52H32N4. The molecule has 260 valence electrons. The highest BCUT2D eigenvalue weighted by Gasteiger charge is 2.51. The van der Waals surface area contributed by atoms with Crippen LogP contribution in [0.25, 0.3) is 83.9 Å². The predicted octanol–water partition coefficient (Wildman–Crippen LogP) is 12.3. The van der Waals surface area contributed by atoms with Crippen molar-refractivity contribution < 1.29 is 0 Å². The van der Waals surface area contributed by atoms with Crippen LogP contribution in [0.2, 0.25) is 0 Å². The molecule has 2 aliphatic rings. The second-order valence-electron chi connectivity index (χ2n) is 14.7. The highest BCUT2D eigenvalue weighted by Crippen LogP contribution is 2.63. The summed E-state index contributed by atoms with van der Waals surface area (Å²) in [5.41, 5.74) is 16.5. The maximum Gasteiger partial charge on any atom is 0.164 e. The van der Waals surface area contributed by atoms with Gasteiger partial charge in [0.1, 0.15) is 0 Å². The van der Waals surface area contributed by atoms with E-state index in [0.29, 0.717) is 17.5 Å². The number of para-hydroxylation sites is 1. The maximum absolute atomic E-state index is 4.99. The molecule has 1 spiro atoms. The molecule has 0 amide bonds. The lowest BCUT2D eigenvalue weighted by Crippen LogP contribution is -2.25. The minimum absolute atomic E-state index is 0.389. The van der Waals surface area contributed by atoms with Crippen LogP contribution in [0.5, 0.6) is 0 Å². The fraction of sp³-hybridized carbons (Fsp3) is 0.0192. The number of aromatic nitrogens is 4. The van der Waals surface area contributed by atoms with Crippen LogP contribution in [-0.2, 0) is 5.41 Å². The number of hydrogen-bond donors (Lipinski definition) is 0. The van der Waals surface area contributed by atoms with Gasteiger partial charge in [0.05, 0.1) is 16.4 Å². The molecule has 0 radical (unpaired) electrons. The summed E-state index contributed by atoms with van der Waals surface area (Å²) < 4.78 is 2.41.